The number of nitrogen functional groups attached to an aromatic ring is 1. The molecule has 18 heavy (non-hydrogen) atoms. The highest BCUT2D eigenvalue weighted by Crippen LogP contribution is 2.30. The van der Waals surface area contributed by atoms with Crippen molar-refractivity contribution < 1.29 is 4.74 Å². The number of benzene rings is 2. The normalized spacial score (nSPS) is 9.78. The minimum atomic E-state index is 0.392. The van der Waals surface area contributed by atoms with Gasteiger partial charge in [0.05, 0.1) is 17.5 Å². The third kappa shape index (κ3) is 2.93. The molecule has 0 bridgehead atoms. The molecular formula is C14H11ClN2O. The van der Waals surface area contributed by atoms with Gasteiger partial charge in [0.15, 0.2) is 0 Å². The van der Waals surface area contributed by atoms with E-state index >= 15 is 0 Å². The number of halogens is 1. The first-order chi connectivity index (χ1) is 8.69. The molecule has 0 heterocycles. The third-order valence-corrected chi connectivity index (χ3v) is 2.69. The van der Waals surface area contributed by atoms with Crippen molar-refractivity contribution in [3.05, 3.63) is 53.1 Å². The van der Waals surface area contributed by atoms with Crippen molar-refractivity contribution in [2.24, 2.45) is 0 Å². The second kappa shape index (κ2) is 5.44. The number of nitriles is 1. The van der Waals surface area contributed by atoms with Crippen LogP contribution in [0.25, 0.3) is 0 Å². The number of hydrogen-bond acceptors (Lipinski definition) is 3. The van der Waals surface area contributed by atoms with Crippen molar-refractivity contribution in [2.75, 3.05) is 5.73 Å². The zero-order valence-corrected chi connectivity index (χ0v) is 10.3. The van der Waals surface area contributed by atoms with E-state index in [0.717, 1.165) is 5.56 Å². The standard InChI is InChI=1S/C14H11ClN2O/c15-13-9-11(17)3-6-14(13)18-12-4-1-10(2-5-12)7-8-16/h1-6,9H,7,17H2. The summed E-state index contributed by atoms with van der Waals surface area (Å²) in [4.78, 5) is 0. The molecule has 0 radical (unpaired) electrons. The van der Waals surface area contributed by atoms with Crippen LogP contribution in [0.15, 0.2) is 42.5 Å². The lowest BCUT2D eigenvalue weighted by Gasteiger charge is -2.08. The van der Waals surface area contributed by atoms with Crippen molar-refractivity contribution in [3.63, 3.8) is 0 Å². The van der Waals surface area contributed by atoms with E-state index in [1.54, 1.807) is 30.3 Å². The maximum Gasteiger partial charge on any atom is 0.146 e. The highest BCUT2D eigenvalue weighted by Gasteiger charge is 2.03. The van der Waals surface area contributed by atoms with Gasteiger partial charge in [0, 0.05) is 5.69 Å². The molecule has 4 heteroatoms. The van der Waals surface area contributed by atoms with Gasteiger partial charge in [-0.1, -0.05) is 23.7 Å². The van der Waals surface area contributed by atoms with E-state index in [1.807, 2.05) is 12.1 Å². The molecule has 3 nitrogen and oxygen atoms in total. The Morgan fingerprint density at radius 1 is 1.17 bits per heavy atom. The first kappa shape index (κ1) is 12.3. The minimum Gasteiger partial charge on any atom is -0.456 e. The van der Waals surface area contributed by atoms with Gasteiger partial charge in [-0.25, -0.2) is 0 Å². The van der Waals surface area contributed by atoms with Crippen LogP contribution < -0.4 is 10.5 Å². The molecule has 0 fully saturated rings. The summed E-state index contributed by atoms with van der Waals surface area (Å²) >= 11 is 6.01. The smallest absolute Gasteiger partial charge is 0.146 e. The molecule has 0 atom stereocenters. The van der Waals surface area contributed by atoms with Gasteiger partial charge in [0.1, 0.15) is 11.5 Å². The predicted octanol–water partition coefficient (Wildman–Crippen LogP) is 3.78. The number of anilines is 1. The van der Waals surface area contributed by atoms with E-state index in [-0.39, 0.29) is 0 Å². The predicted molar refractivity (Wildman–Crippen MR) is 71.7 cm³/mol. The Kier molecular flexibility index (Phi) is 3.71. The molecule has 0 spiro atoms. The molecule has 0 aliphatic rings. The summed E-state index contributed by atoms with van der Waals surface area (Å²) in [6.45, 7) is 0. The van der Waals surface area contributed by atoms with Gasteiger partial charge < -0.3 is 10.5 Å². The Bertz CT molecular complexity index is 588. The molecule has 0 saturated carbocycles. The lowest BCUT2D eigenvalue weighted by molar-refractivity contribution is 0.483. The topological polar surface area (TPSA) is 59.0 Å². The van der Waals surface area contributed by atoms with E-state index in [2.05, 4.69) is 6.07 Å². The Morgan fingerprint density at radius 2 is 1.89 bits per heavy atom. The van der Waals surface area contributed by atoms with Crippen LogP contribution in [0, 0.1) is 11.3 Å². The average Bonchev–Trinajstić information content (AvgIpc) is 2.35. The van der Waals surface area contributed by atoms with E-state index < -0.39 is 0 Å². The minimum absolute atomic E-state index is 0.392. The summed E-state index contributed by atoms with van der Waals surface area (Å²) < 4.78 is 5.63. The highest BCUT2D eigenvalue weighted by atomic mass is 35.5. The number of nitrogens with zero attached hydrogens (tertiary/aromatic N) is 1. The van der Waals surface area contributed by atoms with Gasteiger partial charge >= 0.3 is 0 Å². The lowest BCUT2D eigenvalue weighted by atomic mass is 10.2. The summed E-state index contributed by atoms with van der Waals surface area (Å²) in [5, 5.41) is 9.04. The average molecular weight is 259 g/mol. The van der Waals surface area contributed by atoms with Gasteiger partial charge in [-0.05, 0) is 35.9 Å². The number of nitrogens with two attached hydrogens (primary N) is 1. The summed E-state index contributed by atoms with van der Waals surface area (Å²) in [7, 11) is 0. The Morgan fingerprint density at radius 3 is 2.50 bits per heavy atom. The van der Waals surface area contributed by atoms with Crippen LogP contribution in [0.2, 0.25) is 5.02 Å². The molecule has 0 saturated heterocycles. The molecule has 0 aliphatic heterocycles. The Hall–Kier alpha value is -2.18. The SMILES string of the molecule is N#CCc1ccc(Oc2ccc(N)cc2Cl)cc1. The molecule has 2 rings (SSSR count). The van der Waals surface area contributed by atoms with E-state index in [4.69, 9.17) is 27.3 Å². The van der Waals surface area contributed by atoms with Gasteiger partial charge in [-0.15, -0.1) is 0 Å². The van der Waals surface area contributed by atoms with Crippen LogP contribution in [-0.2, 0) is 6.42 Å². The fourth-order valence-electron chi connectivity index (χ4n) is 1.49. The molecule has 0 amide bonds. The van der Waals surface area contributed by atoms with Crippen LogP contribution in [0.3, 0.4) is 0 Å². The van der Waals surface area contributed by atoms with E-state index in [9.17, 15) is 0 Å². The van der Waals surface area contributed by atoms with E-state index in [0.29, 0.717) is 28.6 Å². The first-order valence-corrected chi connectivity index (χ1v) is 5.75. The van der Waals surface area contributed by atoms with Crippen molar-refractivity contribution in [1.29, 1.82) is 5.26 Å². The van der Waals surface area contributed by atoms with Crippen LogP contribution in [0.1, 0.15) is 5.56 Å². The molecule has 0 aliphatic carbocycles. The van der Waals surface area contributed by atoms with Gasteiger partial charge in [-0.3, -0.25) is 0 Å². The number of hydrogen-bond donors (Lipinski definition) is 1. The van der Waals surface area contributed by atoms with Gasteiger partial charge in [0.25, 0.3) is 0 Å². The number of ether oxygens (including phenoxy) is 1. The molecule has 2 aromatic carbocycles. The summed E-state index contributed by atoms with van der Waals surface area (Å²) in [6.07, 6.45) is 0.392. The molecule has 0 unspecified atom stereocenters. The van der Waals surface area contributed by atoms with Gasteiger partial charge in [0.2, 0.25) is 0 Å². The largest absolute Gasteiger partial charge is 0.456 e. The Balaban J connectivity index is 2.16. The van der Waals surface area contributed by atoms with Crippen LogP contribution >= 0.6 is 11.6 Å². The monoisotopic (exact) mass is 258 g/mol. The van der Waals surface area contributed by atoms with Crippen LogP contribution in [0.5, 0.6) is 11.5 Å². The summed E-state index contributed by atoms with van der Waals surface area (Å²) in [6, 6.07) is 14.5. The third-order valence-electron chi connectivity index (χ3n) is 2.39. The second-order valence-corrected chi connectivity index (χ2v) is 4.18. The van der Waals surface area contributed by atoms with Crippen molar-refractivity contribution in [3.8, 4) is 17.6 Å². The Labute approximate surface area is 110 Å². The lowest BCUT2D eigenvalue weighted by Crippen LogP contribution is -1.89. The highest BCUT2D eigenvalue weighted by molar-refractivity contribution is 6.32. The maximum absolute atomic E-state index is 8.58. The quantitative estimate of drug-likeness (QED) is 0.853. The molecule has 2 aromatic rings. The van der Waals surface area contributed by atoms with Crippen LogP contribution in [0.4, 0.5) is 5.69 Å². The molecule has 90 valence electrons. The van der Waals surface area contributed by atoms with Crippen molar-refractivity contribution in [2.45, 2.75) is 6.42 Å². The van der Waals surface area contributed by atoms with E-state index in [1.165, 1.54) is 0 Å². The van der Waals surface area contributed by atoms with Gasteiger partial charge in [-0.2, -0.15) is 5.26 Å². The fraction of sp³-hybridized carbons (Fsp3) is 0.0714. The number of rotatable bonds is 3. The second-order valence-electron chi connectivity index (χ2n) is 3.77. The molecular weight excluding hydrogens is 248 g/mol. The van der Waals surface area contributed by atoms with Crippen molar-refractivity contribution >= 4 is 17.3 Å². The zero-order chi connectivity index (χ0) is 13.0. The summed E-state index contributed by atoms with van der Waals surface area (Å²) in [5.41, 5.74) is 7.15. The fourth-order valence-corrected chi connectivity index (χ4v) is 1.72. The van der Waals surface area contributed by atoms with Crippen molar-refractivity contribution in [1.82, 2.24) is 0 Å². The van der Waals surface area contributed by atoms with Crippen LogP contribution in [-0.4, -0.2) is 0 Å². The summed E-state index contributed by atoms with van der Waals surface area (Å²) in [5.74, 6) is 1.22. The maximum atomic E-state index is 8.58. The molecule has 2 N–H and O–H groups in total. The zero-order valence-electron chi connectivity index (χ0n) is 9.56. The molecule has 0 aromatic heterocycles. The first-order valence-electron chi connectivity index (χ1n) is 5.38.